The molecule has 1 heterocycles. The van der Waals surface area contributed by atoms with Gasteiger partial charge in [0.1, 0.15) is 0 Å². The van der Waals surface area contributed by atoms with Crippen LogP contribution in [0.15, 0.2) is 42.5 Å². The van der Waals surface area contributed by atoms with E-state index in [4.69, 9.17) is 11.6 Å². The zero-order chi connectivity index (χ0) is 15.5. The first-order chi connectivity index (χ1) is 10.6. The number of hydrogen-bond donors (Lipinski definition) is 1. The summed E-state index contributed by atoms with van der Waals surface area (Å²) in [5.74, 6) is -0.0950. The molecular weight excluding hydrogens is 296 g/mol. The van der Waals surface area contributed by atoms with E-state index in [1.807, 2.05) is 43.3 Å². The Morgan fingerprint density at radius 1 is 1.14 bits per heavy atom. The second-order valence-electron chi connectivity index (χ2n) is 5.63. The molecule has 1 fully saturated rings. The molecule has 2 aromatic rings. The zero-order valence-electron chi connectivity index (χ0n) is 12.6. The van der Waals surface area contributed by atoms with E-state index < -0.39 is 0 Å². The smallest absolute Gasteiger partial charge is 0.257 e. The third-order valence-electron chi connectivity index (χ3n) is 4.03. The molecule has 1 N–H and O–H groups in total. The van der Waals surface area contributed by atoms with Gasteiger partial charge in [0.15, 0.2) is 0 Å². The number of rotatable bonds is 3. The zero-order valence-corrected chi connectivity index (χ0v) is 13.4. The molecular formula is C18H19ClN2O. The van der Waals surface area contributed by atoms with E-state index in [9.17, 15) is 4.79 Å². The summed E-state index contributed by atoms with van der Waals surface area (Å²) in [5, 5.41) is 3.60. The van der Waals surface area contributed by atoms with E-state index in [2.05, 4.69) is 10.2 Å². The van der Waals surface area contributed by atoms with Crippen LogP contribution in [0.25, 0.3) is 0 Å². The van der Waals surface area contributed by atoms with Gasteiger partial charge in [0.05, 0.1) is 5.56 Å². The number of nitrogens with one attached hydrogen (secondary N) is 1. The standard InChI is InChI=1S/C18H19ClN2O/c1-13-8-9-14(12-16(13)19)20-18(22)15-6-2-3-7-17(15)21-10-4-5-11-21/h2-3,6-9,12H,4-5,10-11H2,1H3,(H,20,22). The van der Waals surface area contributed by atoms with Crippen molar-refractivity contribution >= 4 is 28.9 Å². The number of carbonyl (C=O) groups is 1. The Kier molecular flexibility index (Phi) is 4.34. The van der Waals surface area contributed by atoms with Crippen LogP contribution in [0, 0.1) is 6.92 Å². The molecule has 3 nitrogen and oxygen atoms in total. The van der Waals surface area contributed by atoms with Crippen LogP contribution < -0.4 is 10.2 Å². The van der Waals surface area contributed by atoms with Gasteiger partial charge in [-0.3, -0.25) is 4.79 Å². The number of anilines is 2. The van der Waals surface area contributed by atoms with Gasteiger partial charge in [0, 0.05) is 29.5 Å². The second-order valence-corrected chi connectivity index (χ2v) is 6.04. The van der Waals surface area contributed by atoms with Gasteiger partial charge < -0.3 is 10.2 Å². The Bertz CT molecular complexity index is 693. The van der Waals surface area contributed by atoms with Crippen LogP contribution in [-0.4, -0.2) is 19.0 Å². The molecule has 0 aliphatic carbocycles. The number of amides is 1. The number of aryl methyl sites for hydroxylation is 1. The van der Waals surface area contributed by atoms with Crippen LogP contribution in [0.1, 0.15) is 28.8 Å². The normalized spacial score (nSPS) is 14.2. The van der Waals surface area contributed by atoms with E-state index in [-0.39, 0.29) is 5.91 Å². The van der Waals surface area contributed by atoms with Gasteiger partial charge in [0.25, 0.3) is 5.91 Å². The predicted octanol–water partition coefficient (Wildman–Crippen LogP) is 4.50. The highest BCUT2D eigenvalue weighted by Gasteiger charge is 2.19. The van der Waals surface area contributed by atoms with E-state index in [0.29, 0.717) is 10.6 Å². The fraction of sp³-hybridized carbons (Fsp3) is 0.278. The molecule has 0 bridgehead atoms. The number of hydrogen-bond acceptors (Lipinski definition) is 2. The SMILES string of the molecule is Cc1ccc(NC(=O)c2ccccc2N2CCCC2)cc1Cl. The minimum absolute atomic E-state index is 0.0950. The van der Waals surface area contributed by atoms with Gasteiger partial charge in [-0.15, -0.1) is 0 Å². The van der Waals surface area contributed by atoms with Crippen molar-refractivity contribution in [2.75, 3.05) is 23.3 Å². The molecule has 0 aromatic heterocycles. The monoisotopic (exact) mass is 314 g/mol. The maximum atomic E-state index is 12.6. The molecule has 2 aromatic carbocycles. The Morgan fingerprint density at radius 3 is 2.59 bits per heavy atom. The first-order valence-electron chi connectivity index (χ1n) is 7.56. The molecule has 1 aliphatic rings. The van der Waals surface area contributed by atoms with Crippen molar-refractivity contribution in [3.63, 3.8) is 0 Å². The Labute approximate surface area is 135 Å². The van der Waals surface area contributed by atoms with Crippen LogP contribution in [0.3, 0.4) is 0 Å². The third-order valence-corrected chi connectivity index (χ3v) is 4.43. The van der Waals surface area contributed by atoms with E-state index in [1.165, 1.54) is 12.8 Å². The van der Waals surface area contributed by atoms with Crippen LogP contribution in [-0.2, 0) is 0 Å². The van der Waals surface area contributed by atoms with Crippen LogP contribution in [0.5, 0.6) is 0 Å². The van der Waals surface area contributed by atoms with Crippen LogP contribution in [0.4, 0.5) is 11.4 Å². The minimum Gasteiger partial charge on any atom is -0.371 e. The van der Waals surface area contributed by atoms with Gasteiger partial charge in [-0.05, 0) is 49.6 Å². The van der Waals surface area contributed by atoms with Crippen LogP contribution >= 0.6 is 11.6 Å². The summed E-state index contributed by atoms with van der Waals surface area (Å²) in [7, 11) is 0. The number of carbonyl (C=O) groups excluding carboxylic acids is 1. The maximum Gasteiger partial charge on any atom is 0.257 e. The number of para-hydroxylation sites is 1. The quantitative estimate of drug-likeness (QED) is 0.904. The summed E-state index contributed by atoms with van der Waals surface area (Å²) in [6.07, 6.45) is 2.37. The summed E-state index contributed by atoms with van der Waals surface area (Å²) >= 11 is 6.12. The van der Waals surface area contributed by atoms with Gasteiger partial charge in [-0.2, -0.15) is 0 Å². The number of halogens is 1. The first kappa shape index (κ1) is 14.9. The van der Waals surface area contributed by atoms with Crippen molar-refractivity contribution in [2.24, 2.45) is 0 Å². The predicted molar refractivity (Wildman–Crippen MR) is 92.0 cm³/mol. The second kappa shape index (κ2) is 6.41. The molecule has 0 atom stereocenters. The Hall–Kier alpha value is -2.00. The lowest BCUT2D eigenvalue weighted by Crippen LogP contribution is -2.22. The fourth-order valence-corrected chi connectivity index (χ4v) is 2.95. The molecule has 1 aliphatic heterocycles. The number of benzene rings is 2. The average Bonchev–Trinajstić information content (AvgIpc) is 3.05. The third kappa shape index (κ3) is 3.09. The largest absolute Gasteiger partial charge is 0.371 e. The molecule has 0 radical (unpaired) electrons. The van der Waals surface area contributed by atoms with Crippen molar-refractivity contribution in [1.29, 1.82) is 0 Å². The molecule has 22 heavy (non-hydrogen) atoms. The average molecular weight is 315 g/mol. The molecule has 0 spiro atoms. The maximum absolute atomic E-state index is 12.6. The summed E-state index contributed by atoms with van der Waals surface area (Å²) in [4.78, 5) is 14.9. The van der Waals surface area contributed by atoms with Crippen molar-refractivity contribution < 1.29 is 4.79 Å². The Balaban J connectivity index is 1.84. The highest BCUT2D eigenvalue weighted by molar-refractivity contribution is 6.31. The molecule has 1 amide bonds. The molecule has 3 rings (SSSR count). The van der Waals surface area contributed by atoms with E-state index in [0.717, 1.165) is 30.0 Å². The van der Waals surface area contributed by atoms with E-state index in [1.54, 1.807) is 6.07 Å². The highest BCUT2D eigenvalue weighted by atomic mass is 35.5. The number of nitrogens with zero attached hydrogens (tertiary/aromatic N) is 1. The summed E-state index contributed by atoms with van der Waals surface area (Å²) in [5.41, 5.74) is 3.44. The van der Waals surface area contributed by atoms with Crippen molar-refractivity contribution in [3.8, 4) is 0 Å². The lowest BCUT2D eigenvalue weighted by molar-refractivity contribution is 0.102. The molecule has 0 saturated carbocycles. The fourth-order valence-electron chi connectivity index (χ4n) is 2.77. The summed E-state index contributed by atoms with van der Waals surface area (Å²) in [6, 6.07) is 13.3. The van der Waals surface area contributed by atoms with Gasteiger partial charge >= 0.3 is 0 Å². The molecule has 1 saturated heterocycles. The van der Waals surface area contributed by atoms with Crippen molar-refractivity contribution in [2.45, 2.75) is 19.8 Å². The van der Waals surface area contributed by atoms with Crippen molar-refractivity contribution in [3.05, 3.63) is 58.6 Å². The van der Waals surface area contributed by atoms with Gasteiger partial charge in [-0.1, -0.05) is 29.8 Å². The first-order valence-corrected chi connectivity index (χ1v) is 7.94. The topological polar surface area (TPSA) is 32.3 Å². The lowest BCUT2D eigenvalue weighted by atomic mass is 10.1. The molecule has 4 heteroatoms. The summed E-state index contributed by atoms with van der Waals surface area (Å²) in [6.45, 7) is 3.97. The molecule has 114 valence electrons. The lowest BCUT2D eigenvalue weighted by Gasteiger charge is -2.21. The van der Waals surface area contributed by atoms with Gasteiger partial charge in [0.2, 0.25) is 0 Å². The van der Waals surface area contributed by atoms with Gasteiger partial charge in [-0.25, -0.2) is 0 Å². The van der Waals surface area contributed by atoms with Crippen LogP contribution in [0.2, 0.25) is 5.02 Å². The summed E-state index contributed by atoms with van der Waals surface area (Å²) < 4.78 is 0. The van der Waals surface area contributed by atoms with Crippen molar-refractivity contribution in [1.82, 2.24) is 0 Å². The molecule has 0 unspecified atom stereocenters. The highest BCUT2D eigenvalue weighted by Crippen LogP contribution is 2.26. The minimum atomic E-state index is -0.0950. The van der Waals surface area contributed by atoms with E-state index >= 15 is 0 Å². The Morgan fingerprint density at radius 2 is 1.86 bits per heavy atom.